The minimum atomic E-state index is -1.10. The molecule has 0 heterocycles. The Kier molecular flexibility index (Phi) is 6.30. The molecule has 0 aliphatic rings. The van der Waals surface area contributed by atoms with Gasteiger partial charge < -0.3 is 19.7 Å². The molecular weight excluding hydrogens is 344 g/mol. The van der Waals surface area contributed by atoms with Crippen molar-refractivity contribution < 1.29 is 29.3 Å². The summed E-state index contributed by atoms with van der Waals surface area (Å²) in [6.07, 6.45) is 0.488. The zero-order chi connectivity index (χ0) is 18.4. The molecule has 0 amide bonds. The molecule has 6 nitrogen and oxygen atoms in total. The lowest BCUT2D eigenvalue weighted by Crippen LogP contribution is -2.10. The fourth-order valence-electron chi connectivity index (χ4n) is 2.45. The summed E-state index contributed by atoms with van der Waals surface area (Å²) in [6.45, 7) is -0.0938. The van der Waals surface area contributed by atoms with Crippen LogP contribution < -0.4 is 9.47 Å². The average Bonchev–Trinajstić information content (AvgIpc) is 2.59. The van der Waals surface area contributed by atoms with Crippen molar-refractivity contribution in [1.29, 1.82) is 0 Å². The van der Waals surface area contributed by atoms with Gasteiger partial charge in [-0.15, -0.1) is 0 Å². The quantitative estimate of drug-likeness (QED) is 0.625. The van der Waals surface area contributed by atoms with Crippen molar-refractivity contribution >= 4 is 24.6 Å². The third kappa shape index (κ3) is 4.45. The number of hydrogen-bond donors (Lipinski definition) is 3. The number of methoxy groups -OCH3 is 1. The van der Waals surface area contributed by atoms with Gasteiger partial charge in [0.15, 0.2) is 0 Å². The van der Waals surface area contributed by atoms with E-state index in [9.17, 15) is 19.8 Å². The molecule has 0 radical (unpaired) electrons. The topological polar surface area (TPSA) is 93.1 Å². The lowest BCUT2D eigenvalue weighted by Gasteiger charge is -2.14. The van der Waals surface area contributed by atoms with E-state index in [2.05, 4.69) is 12.6 Å². The van der Waals surface area contributed by atoms with Crippen LogP contribution in [-0.2, 0) is 13.0 Å². The average molecular weight is 362 g/mol. The number of aryl methyl sites for hydroxylation is 1. The van der Waals surface area contributed by atoms with Crippen molar-refractivity contribution in [3.63, 3.8) is 0 Å². The van der Waals surface area contributed by atoms with Crippen molar-refractivity contribution in [3.8, 4) is 11.5 Å². The zero-order valence-corrected chi connectivity index (χ0v) is 14.5. The minimum absolute atomic E-state index is 0.0660. The molecule has 0 unspecified atom stereocenters. The number of ether oxygens (including phenoxy) is 2. The second-order valence-electron chi connectivity index (χ2n) is 5.19. The largest absolute Gasteiger partial charge is 0.497 e. The highest BCUT2D eigenvalue weighted by Gasteiger charge is 2.18. The standard InChI is InChI=1S/C18H18O6S/c1-23-13-5-6-14(17(19)20)12(9-13)10-24-15-4-2-3-11(7-8-25)16(15)18(21)22/h2-6,9,25H,7-8,10H2,1H3,(H,19,20)(H,21,22). The molecule has 0 aliphatic heterocycles. The Hall–Kier alpha value is -2.67. The zero-order valence-electron chi connectivity index (χ0n) is 13.6. The maximum absolute atomic E-state index is 11.6. The van der Waals surface area contributed by atoms with Crippen LogP contribution in [0.2, 0.25) is 0 Å². The normalized spacial score (nSPS) is 10.3. The Bertz CT molecular complexity index is 787. The molecule has 2 rings (SSSR count). The summed E-state index contributed by atoms with van der Waals surface area (Å²) in [5, 5.41) is 18.8. The van der Waals surface area contributed by atoms with Gasteiger partial charge in [-0.05, 0) is 42.0 Å². The van der Waals surface area contributed by atoms with Gasteiger partial charge in [0.1, 0.15) is 23.7 Å². The van der Waals surface area contributed by atoms with Crippen LogP contribution in [-0.4, -0.2) is 35.0 Å². The van der Waals surface area contributed by atoms with Gasteiger partial charge >= 0.3 is 11.9 Å². The van der Waals surface area contributed by atoms with Crippen molar-refractivity contribution in [3.05, 3.63) is 58.7 Å². The third-order valence-corrected chi connectivity index (χ3v) is 3.86. The van der Waals surface area contributed by atoms with E-state index in [1.165, 1.54) is 13.2 Å². The maximum atomic E-state index is 11.6. The smallest absolute Gasteiger partial charge is 0.339 e. The summed E-state index contributed by atoms with van der Waals surface area (Å²) >= 11 is 4.14. The van der Waals surface area contributed by atoms with Gasteiger partial charge in [-0.2, -0.15) is 12.6 Å². The van der Waals surface area contributed by atoms with Crippen LogP contribution in [0.25, 0.3) is 0 Å². The van der Waals surface area contributed by atoms with Gasteiger partial charge in [0.25, 0.3) is 0 Å². The van der Waals surface area contributed by atoms with E-state index in [1.54, 1.807) is 30.3 Å². The second-order valence-corrected chi connectivity index (χ2v) is 5.63. The first-order valence-electron chi connectivity index (χ1n) is 7.47. The SMILES string of the molecule is COc1ccc(C(=O)O)c(COc2cccc(CCS)c2C(=O)O)c1. The van der Waals surface area contributed by atoms with E-state index >= 15 is 0 Å². The third-order valence-electron chi connectivity index (χ3n) is 3.63. The van der Waals surface area contributed by atoms with Crippen LogP contribution in [0.4, 0.5) is 0 Å². The van der Waals surface area contributed by atoms with Crippen LogP contribution in [0.1, 0.15) is 31.8 Å². The fraction of sp³-hybridized carbons (Fsp3) is 0.222. The number of carbonyl (C=O) groups is 2. The number of aromatic carboxylic acids is 2. The summed E-state index contributed by atoms with van der Waals surface area (Å²) in [6, 6.07) is 9.48. The van der Waals surface area contributed by atoms with Crippen molar-refractivity contribution in [1.82, 2.24) is 0 Å². The molecule has 2 aromatic rings. The van der Waals surface area contributed by atoms with E-state index in [-0.39, 0.29) is 23.5 Å². The molecule has 0 aliphatic carbocycles. The van der Waals surface area contributed by atoms with Crippen LogP contribution in [0.3, 0.4) is 0 Å². The second kappa shape index (κ2) is 8.43. The molecule has 0 saturated heterocycles. The summed E-state index contributed by atoms with van der Waals surface area (Å²) in [5.41, 5.74) is 1.15. The molecule has 0 aromatic heterocycles. The first-order chi connectivity index (χ1) is 12.0. The van der Waals surface area contributed by atoms with E-state index in [0.717, 1.165) is 0 Å². The molecule has 0 bridgehead atoms. The summed E-state index contributed by atoms with van der Waals surface area (Å²) in [5.74, 6) is -1.01. The van der Waals surface area contributed by atoms with E-state index in [1.807, 2.05) is 0 Å². The molecule has 0 spiro atoms. The Morgan fingerprint density at radius 1 is 1.08 bits per heavy atom. The van der Waals surface area contributed by atoms with E-state index in [4.69, 9.17) is 9.47 Å². The minimum Gasteiger partial charge on any atom is -0.497 e. The predicted octanol–water partition coefficient (Wildman–Crippen LogP) is 3.14. The molecule has 0 fully saturated rings. The van der Waals surface area contributed by atoms with Crippen LogP contribution >= 0.6 is 12.6 Å². The first kappa shape index (κ1) is 18.7. The number of carboxylic acids is 2. The Balaban J connectivity index is 2.34. The number of hydrogen-bond acceptors (Lipinski definition) is 5. The molecule has 0 saturated carbocycles. The Morgan fingerprint density at radius 3 is 2.44 bits per heavy atom. The van der Waals surface area contributed by atoms with Crippen LogP contribution in [0.5, 0.6) is 11.5 Å². The molecular formula is C18H18O6S. The van der Waals surface area contributed by atoms with Crippen molar-refractivity contribution in [2.24, 2.45) is 0 Å². The Labute approximate surface area is 150 Å². The highest BCUT2D eigenvalue weighted by molar-refractivity contribution is 7.80. The molecule has 7 heteroatoms. The predicted molar refractivity (Wildman–Crippen MR) is 95.2 cm³/mol. The van der Waals surface area contributed by atoms with Gasteiger partial charge in [-0.25, -0.2) is 9.59 Å². The number of carboxylic acid groups (broad SMARTS) is 2. The highest BCUT2D eigenvalue weighted by atomic mass is 32.1. The van der Waals surface area contributed by atoms with Gasteiger partial charge in [-0.3, -0.25) is 0 Å². The highest BCUT2D eigenvalue weighted by Crippen LogP contribution is 2.26. The van der Waals surface area contributed by atoms with Gasteiger partial charge in [-0.1, -0.05) is 12.1 Å². The molecule has 25 heavy (non-hydrogen) atoms. The molecule has 132 valence electrons. The summed E-state index contributed by atoms with van der Waals surface area (Å²) in [4.78, 5) is 22.9. The Morgan fingerprint density at radius 2 is 1.84 bits per heavy atom. The number of benzene rings is 2. The first-order valence-corrected chi connectivity index (χ1v) is 8.10. The maximum Gasteiger partial charge on any atom is 0.339 e. The number of thiol groups is 1. The monoisotopic (exact) mass is 362 g/mol. The summed E-state index contributed by atoms with van der Waals surface area (Å²) in [7, 11) is 1.48. The van der Waals surface area contributed by atoms with Crippen LogP contribution in [0, 0.1) is 0 Å². The van der Waals surface area contributed by atoms with Gasteiger partial charge in [0.2, 0.25) is 0 Å². The van der Waals surface area contributed by atoms with E-state index < -0.39 is 11.9 Å². The summed E-state index contributed by atoms with van der Waals surface area (Å²) < 4.78 is 10.7. The number of rotatable bonds is 8. The lowest BCUT2D eigenvalue weighted by molar-refractivity contribution is 0.0677. The van der Waals surface area contributed by atoms with Crippen LogP contribution in [0.15, 0.2) is 36.4 Å². The van der Waals surface area contributed by atoms with Crippen molar-refractivity contribution in [2.45, 2.75) is 13.0 Å². The lowest BCUT2D eigenvalue weighted by atomic mass is 10.0. The molecule has 0 atom stereocenters. The molecule has 2 aromatic carbocycles. The molecule has 2 N–H and O–H groups in total. The fourth-order valence-corrected chi connectivity index (χ4v) is 2.69. The van der Waals surface area contributed by atoms with E-state index in [0.29, 0.717) is 29.1 Å². The van der Waals surface area contributed by atoms with Gasteiger partial charge in [0, 0.05) is 5.56 Å². The van der Waals surface area contributed by atoms with Crippen molar-refractivity contribution in [2.75, 3.05) is 12.9 Å². The van der Waals surface area contributed by atoms with Gasteiger partial charge in [0.05, 0.1) is 12.7 Å².